The van der Waals surface area contributed by atoms with Gasteiger partial charge in [0.15, 0.2) is 5.96 Å². The van der Waals surface area contributed by atoms with Crippen LogP contribution in [0.3, 0.4) is 0 Å². The second-order valence-electron chi connectivity index (χ2n) is 7.48. The number of nitrogens with zero attached hydrogens (tertiary/aromatic N) is 1. The molecule has 0 atom stereocenters. The first kappa shape index (κ1) is 27.4. The van der Waals surface area contributed by atoms with E-state index in [-0.39, 0.29) is 41.8 Å². The molecule has 0 aromatic heterocycles. The molecule has 0 saturated heterocycles. The molecule has 0 unspecified atom stereocenters. The molecule has 2 rings (SSSR count). The van der Waals surface area contributed by atoms with E-state index >= 15 is 0 Å². The Labute approximate surface area is 207 Å². The largest absolute Gasteiger partial charge is 0.368 e. The highest BCUT2D eigenvalue weighted by atomic mass is 127. The third-order valence-corrected chi connectivity index (χ3v) is 5.66. The summed E-state index contributed by atoms with van der Waals surface area (Å²) in [5.41, 5.74) is 7.90. The number of aliphatic imine (C=N–C) groups is 1. The second-order valence-corrected chi connectivity index (χ2v) is 7.48. The minimum absolute atomic E-state index is 0. The van der Waals surface area contributed by atoms with Crippen molar-refractivity contribution < 1.29 is 9.59 Å². The van der Waals surface area contributed by atoms with Crippen LogP contribution in [-0.2, 0) is 16.8 Å². The Morgan fingerprint density at radius 1 is 0.938 bits per heavy atom. The summed E-state index contributed by atoms with van der Waals surface area (Å²) < 4.78 is 0. The number of rotatable bonds is 10. The second kappa shape index (κ2) is 13.7. The first-order chi connectivity index (χ1) is 14.9. The van der Waals surface area contributed by atoms with Crippen molar-refractivity contribution in [3.8, 4) is 0 Å². The fraction of sp³-hybridized carbons (Fsp3) is 0.375. The molecule has 0 heterocycles. The van der Waals surface area contributed by atoms with Gasteiger partial charge in [-0.15, -0.1) is 24.0 Å². The maximum Gasteiger partial charge on any atom is 0.251 e. The van der Waals surface area contributed by atoms with Gasteiger partial charge in [-0.05, 0) is 36.1 Å². The van der Waals surface area contributed by atoms with Gasteiger partial charge >= 0.3 is 0 Å². The standard InChI is InChI=1S/C24H33N5O2.HI/c1-4-24(5-2,20-9-7-6-8-10-20)17-29-23(26-3)28-15-18-11-13-19(14-12-18)22(31)27-16-21(25)30;/h6-14H,4-5,15-17H2,1-3H3,(H2,25,30)(H,27,31)(H2,26,28,29);1H. The fourth-order valence-electron chi connectivity index (χ4n) is 3.50. The first-order valence-corrected chi connectivity index (χ1v) is 10.6. The van der Waals surface area contributed by atoms with Crippen LogP contribution >= 0.6 is 24.0 Å². The van der Waals surface area contributed by atoms with Crippen molar-refractivity contribution in [2.75, 3.05) is 20.1 Å². The maximum absolute atomic E-state index is 12.0. The predicted molar refractivity (Wildman–Crippen MR) is 140 cm³/mol. The molecule has 0 aliphatic heterocycles. The lowest BCUT2D eigenvalue weighted by molar-refractivity contribution is -0.117. The van der Waals surface area contributed by atoms with Gasteiger partial charge in [0.25, 0.3) is 5.91 Å². The number of primary amides is 1. The van der Waals surface area contributed by atoms with Gasteiger partial charge < -0.3 is 21.7 Å². The smallest absolute Gasteiger partial charge is 0.251 e. The van der Waals surface area contributed by atoms with Crippen molar-refractivity contribution in [1.29, 1.82) is 0 Å². The number of guanidine groups is 1. The van der Waals surface area contributed by atoms with Crippen molar-refractivity contribution in [3.05, 3.63) is 71.3 Å². The third-order valence-electron chi connectivity index (χ3n) is 5.66. The highest BCUT2D eigenvalue weighted by molar-refractivity contribution is 14.0. The molecule has 0 aliphatic rings. The highest BCUT2D eigenvalue weighted by Crippen LogP contribution is 2.30. The Hall–Kier alpha value is -2.62. The fourth-order valence-corrected chi connectivity index (χ4v) is 3.50. The normalized spacial score (nSPS) is 11.3. The number of carbonyl (C=O) groups excluding carboxylic acids is 2. The zero-order valence-electron chi connectivity index (χ0n) is 19.0. The zero-order valence-corrected chi connectivity index (χ0v) is 21.3. The van der Waals surface area contributed by atoms with E-state index in [1.165, 1.54) is 5.56 Å². The summed E-state index contributed by atoms with van der Waals surface area (Å²) in [5, 5.41) is 9.27. The summed E-state index contributed by atoms with van der Waals surface area (Å²) in [6, 6.07) is 17.8. The Morgan fingerprint density at radius 2 is 1.56 bits per heavy atom. The van der Waals surface area contributed by atoms with Crippen LogP contribution in [0, 0.1) is 0 Å². The Morgan fingerprint density at radius 3 is 2.09 bits per heavy atom. The molecule has 32 heavy (non-hydrogen) atoms. The molecule has 0 aliphatic carbocycles. The average Bonchev–Trinajstić information content (AvgIpc) is 2.81. The molecule has 2 aromatic carbocycles. The number of amides is 2. The van der Waals surface area contributed by atoms with E-state index in [0.717, 1.165) is 30.9 Å². The lowest BCUT2D eigenvalue weighted by Gasteiger charge is -2.33. The van der Waals surface area contributed by atoms with E-state index < -0.39 is 5.91 Å². The molecule has 0 bridgehead atoms. The van der Waals surface area contributed by atoms with E-state index in [4.69, 9.17) is 5.73 Å². The summed E-state index contributed by atoms with van der Waals surface area (Å²) in [4.78, 5) is 27.1. The van der Waals surface area contributed by atoms with Crippen LogP contribution < -0.4 is 21.7 Å². The van der Waals surface area contributed by atoms with E-state index in [0.29, 0.717) is 12.1 Å². The summed E-state index contributed by atoms with van der Waals surface area (Å²) in [7, 11) is 1.75. The summed E-state index contributed by atoms with van der Waals surface area (Å²) in [5.74, 6) is -0.173. The van der Waals surface area contributed by atoms with Gasteiger partial charge in [0.1, 0.15) is 0 Å². The Balaban J connectivity index is 0.00000512. The van der Waals surface area contributed by atoms with Crippen LogP contribution in [0.5, 0.6) is 0 Å². The Kier molecular flexibility index (Phi) is 11.8. The van der Waals surface area contributed by atoms with Gasteiger partial charge in [-0.2, -0.15) is 0 Å². The van der Waals surface area contributed by atoms with Crippen LogP contribution in [0.25, 0.3) is 0 Å². The van der Waals surface area contributed by atoms with Gasteiger partial charge in [0.05, 0.1) is 6.54 Å². The molecular formula is C24H34IN5O2. The minimum Gasteiger partial charge on any atom is -0.368 e. The van der Waals surface area contributed by atoms with Gasteiger partial charge in [-0.25, -0.2) is 0 Å². The quantitative estimate of drug-likeness (QED) is 0.207. The molecule has 5 N–H and O–H groups in total. The van der Waals surface area contributed by atoms with Gasteiger partial charge in [0, 0.05) is 31.1 Å². The molecule has 0 radical (unpaired) electrons. The van der Waals surface area contributed by atoms with E-state index in [1.807, 2.05) is 18.2 Å². The molecule has 0 spiro atoms. The molecule has 0 saturated carbocycles. The number of carbonyl (C=O) groups is 2. The maximum atomic E-state index is 12.0. The van der Waals surface area contributed by atoms with Gasteiger partial charge in [-0.3, -0.25) is 14.6 Å². The van der Waals surface area contributed by atoms with Crippen LogP contribution in [0.15, 0.2) is 59.6 Å². The number of benzene rings is 2. The number of hydrogen-bond acceptors (Lipinski definition) is 3. The molecule has 7 nitrogen and oxygen atoms in total. The van der Waals surface area contributed by atoms with Crippen LogP contribution in [0.4, 0.5) is 0 Å². The van der Waals surface area contributed by atoms with Crippen LogP contribution in [-0.4, -0.2) is 37.9 Å². The topological polar surface area (TPSA) is 109 Å². The van der Waals surface area contributed by atoms with Crippen molar-refractivity contribution >= 4 is 41.8 Å². The van der Waals surface area contributed by atoms with Crippen LogP contribution in [0.1, 0.15) is 48.2 Å². The number of nitrogens with one attached hydrogen (secondary N) is 3. The molecular weight excluding hydrogens is 517 g/mol. The summed E-state index contributed by atoms with van der Waals surface area (Å²) in [6.45, 7) is 5.61. The molecule has 0 fully saturated rings. The molecule has 2 aromatic rings. The lowest BCUT2D eigenvalue weighted by atomic mass is 9.76. The molecule has 8 heteroatoms. The number of halogens is 1. The summed E-state index contributed by atoms with van der Waals surface area (Å²) >= 11 is 0. The van der Waals surface area contributed by atoms with E-state index in [2.05, 4.69) is 59.1 Å². The molecule has 2 amide bonds. The van der Waals surface area contributed by atoms with Crippen molar-refractivity contribution in [3.63, 3.8) is 0 Å². The highest BCUT2D eigenvalue weighted by Gasteiger charge is 2.28. The lowest BCUT2D eigenvalue weighted by Crippen LogP contribution is -2.45. The predicted octanol–water partition coefficient (Wildman–Crippen LogP) is 2.94. The van der Waals surface area contributed by atoms with Crippen LogP contribution in [0.2, 0.25) is 0 Å². The van der Waals surface area contributed by atoms with E-state index in [9.17, 15) is 9.59 Å². The summed E-state index contributed by atoms with van der Waals surface area (Å²) in [6.07, 6.45) is 2.05. The minimum atomic E-state index is -0.574. The average molecular weight is 551 g/mol. The Bertz CT molecular complexity index is 881. The van der Waals surface area contributed by atoms with Crippen molar-refractivity contribution in [2.24, 2.45) is 10.7 Å². The first-order valence-electron chi connectivity index (χ1n) is 10.6. The monoisotopic (exact) mass is 551 g/mol. The molecule has 174 valence electrons. The van der Waals surface area contributed by atoms with Gasteiger partial charge in [0.2, 0.25) is 5.91 Å². The SMILES string of the molecule is CCC(CC)(CNC(=NC)NCc1ccc(C(=O)NCC(N)=O)cc1)c1ccccc1.I. The zero-order chi connectivity index (χ0) is 22.7. The number of nitrogens with two attached hydrogens (primary N) is 1. The van der Waals surface area contributed by atoms with Crippen molar-refractivity contribution in [2.45, 2.75) is 38.6 Å². The van der Waals surface area contributed by atoms with E-state index in [1.54, 1.807) is 19.2 Å². The van der Waals surface area contributed by atoms with Gasteiger partial charge in [-0.1, -0.05) is 56.3 Å². The number of hydrogen-bond donors (Lipinski definition) is 4. The third kappa shape index (κ3) is 7.81. The van der Waals surface area contributed by atoms with Crippen molar-refractivity contribution in [1.82, 2.24) is 16.0 Å².